The Labute approximate surface area is 251 Å². The molecule has 6 aromatic carbocycles. The predicted molar refractivity (Wildman–Crippen MR) is 181 cm³/mol. The fourth-order valence-electron chi connectivity index (χ4n) is 6.57. The SMILES string of the molecule is Cc1cc(-c2ccc(-c3c4ccccc4c(-c4ccc(-c5cccnc5)c5ccccc45)c4ccccc34)cc2)ccn1. The molecule has 202 valence electrons. The molecule has 0 N–H and O–H groups in total. The second-order valence-electron chi connectivity index (χ2n) is 11.1. The van der Waals surface area contributed by atoms with Gasteiger partial charge >= 0.3 is 0 Å². The van der Waals surface area contributed by atoms with Crippen LogP contribution in [0.15, 0.2) is 152 Å². The van der Waals surface area contributed by atoms with E-state index in [0.29, 0.717) is 0 Å². The third-order valence-electron chi connectivity index (χ3n) is 8.50. The molecule has 0 bridgehead atoms. The molecule has 2 nitrogen and oxygen atoms in total. The minimum atomic E-state index is 1.02. The minimum Gasteiger partial charge on any atom is -0.264 e. The van der Waals surface area contributed by atoms with Crippen LogP contribution < -0.4 is 0 Å². The highest BCUT2D eigenvalue weighted by Gasteiger charge is 2.19. The number of hydrogen-bond donors (Lipinski definition) is 0. The van der Waals surface area contributed by atoms with Gasteiger partial charge in [0.25, 0.3) is 0 Å². The molecule has 0 aliphatic rings. The van der Waals surface area contributed by atoms with Crippen LogP contribution in [0.1, 0.15) is 5.69 Å². The Kier molecular flexibility index (Phi) is 6.05. The first-order valence-electron chi connectivity index (χ1n) is 14.7. The van der Waals surface area contributed by atoms with Gasteiger partial charge in [-0.15, -0.1) is 0 Å². The van der Waals surface area contributed by atoms with E-state index in [2.05, 4.69) is 137 Å². The van der Waals surface area contributed by atoms with E-state index in [1.807, 2.05) is 31.6 Å². The van der Waals surface area contributed by atoms with Gasteiger partial charge in [0.2, 0.25) is 0 Å². The Hall–Kier alpha value is -5.60. The maximum absolute atomic E-state index is 4.39. The van der Waals surface area contributed by atoms with Gasteiger partial charge in [-0.05, 0) is 96.4 Å². The van der Waals surface area contributed by atoms with E-state index in [0.717, 1.165) is 11.3 Å². The van der Waals surface area contributed by atoms with Gasteiger partial charge in [0, 0.05) is 29.8 Å². The number of nitrogens with zero attached hydrogens (tertiary/aromatic N) is 2. The number of fused-ring (bicyclic) bond motifs is 3. The van der Waals surface area contributed by atoms with Gasteiger partial charge in [0.05, 0.1) is 0 Å². The van der Waals surface area contributed by atoms with E-state index in [9.17, 15) is 0 Å². The summed E-state index contributed by atoms with van der Waals surface area (Å²) in [6.07, 6.45) is 5.65. The van der Waals surface area contributed by atoms with Crippen LogP contribution in [0, 0.1) is 6.92 Å². The summed E-state index contributed by atoms with van der Waals surface area (Å²) >= 11 is 0. The maximum Gasteiger partial charge on any atom is 0.0378 e. The Morgan fingerprint density at radius 3 is 1.56 bits per heavy atom. The third kappa shape index (κ3) is 4.27. The molecule has 0 radical (unpaired) electrons. The summed E-state index contributed by atoms with van der Waals surface area (Å²) in [5, 5.41) is 7.48. The molecule has 8 rings (SSSR count). The molecule has 43 heavy (non-hydrogen) atoms. The van der Waals surface area contributed by atoms with E-state index in [1.165, 1.54) is 71.3 Å². The summed E-state index contributed by atoms with van der Waals surface area (Å²) in [7, 11) is 0. The highest BCUT2D eigenvalue weighted by atomic mass is 14.6. The molecule has 0 fully saturated rings. The van der Waals surface area contributed by atoms with E-state index < -0.39 is 0 Å². The van der Waals surface area contributed by atoms with Crippen molar-refractivity contribution in [2.24, 2.45) is 0 Å². The Morgan fingerprint density at radius 1 is 0.395 bits per heavy atom. The highest BCUT2D eigenvalue weighted by Crippen LogP contribution is 2.46. The molecule has 0 unspecified atom stereocenters. The van der Waals surface area contributed by atoms with Crippen molar-refractivity contribution >= 4 is 32.3 Å². The van der Waals surface area contributed by atoms with Crippen molar-refractivity contribution < 1.29 is 0 Å². The van der Waals surface area contributed by atoms with Crippen molar-refractivity contribution in [1.82, 2.24) is 9.97 Å². The van der Waals surface area contributed by atoms with E-state index in [1.54, 1.807) is 0 Å². The van der Waals surface area contributed by atoms with Gasteiger partial charge in [-0.2, -0.15) is 0 Å². The normalized spacial score (nSPS) is 11.4. The highest BCUT2D eigenvalue weighted by molar-refractivity contribution is 6.24. The smallest absolute Gasteiger partial charge is 0.0378 e. The van der Waals surface area contributed by atoms with Crippen LogP contribution in [0.5, 0.6) is 0 Å². The number of hydrogen-bond acceptors (Lipinski definition) is 2. The number of rotatable bonds is 4. The molecule has 0 saturated heterocycles. The second kappa shape index (κ2) is 10.3. The maximum atomic E-state index is 4.39. The first-order valence-corrected chi connectivity index (χ1v) is 14.7. The summed E-state index contributed by atoms with van der Waals surface area (Å²) in [5.74, 6) is 0. The molecule has 0 saturated carbocycles. The number of aromatic nitrogens is 2. The number of aryl methyl sites for hydroxylation is 1. The van der Waals surface area contributed by atoms with Gasteiger partial charge in [-0.1, -0.05) is 115 Å². The lowest BCUT2D eigenvalue weighted by atomic mass is 9.83. The first kappa shape index (κ1) is 25.1. The minimum absolute atomic E-state index is 1.02. The molecule has 0 aliphatic carbocycles. The molecule has 0 amide bonds. The lowest BCUT2D eigenvalue weighted by molar-refractivity contribution is 1.20. The van der Waals surface area contributed by atoms with E-state index in [4.69, 9.17) is 0 Å². The number of benzene rings is 6. The summed E-state index contributed by atoms with van der Waals surface area (Å²) in [6.45, 7) is 2.04. The lowest BCUT2D eigenvalue weighted by Crippen LogP contribution is -1.92. The fraction of sp³-hybridized carbons (Fsp3) is 0.0244. The average Bonchev–Trinajstić information content (AvgIpc) is 3.07. The Morgan fingerprint density at radius 2 is 0.953 bits per heavy atom. The van der Waals surface area contributed by atoms with Crippen molar-refractivity contribution in [2.45, 2.75) is 6.92 Å². The van der Waals surface area contributed by atoms with Crippen molar-refractivity contribution in [3.05, 3.63) is 158 Å². The lowest BCUT2D eigenvalue weighted by Gasteiger charge is -2.19. The summed E-state index contributed by atoms with van der Waals surface area (Å²) in [5.41, 5.74) is 10.7. The van der Waals surface area contributed by atoms with Crippen molar-refractivity contribution in [3.8, 4) is 44.5 Å². The summed E-state index contributed by atoms with van der Waals surface area (Å²) in [6, 6.07) is 48.3. The van der Waals surface area contributed by atoms with E-state index >= 15 is 0 Å². The molecule has 0 aliphatic heterocycles. The van der Waals surface area contributed by atoms with Gasteiger partial charge in [0.1, 0.15) is 0 Å². The van der Waals surface area contributed by atoms with Crippen LogP contribution in [-0.2, 0) is 0 Å². The summed E-state index contributed by atoms with van der Waals surface area (Å²) < 4.78 is 0. The standard InChI is InChI=1S/C41H28N2/c1-27-25-30(22-24-43-27)28-16-18-29(19-17-28)40-35-12-4-6-14-37(35)41(38-15-7-5-13-36(38)40)39-21-20-32(31-9-8-23-42-26-31)33-10-2-3-11-34(33)39/h2-26H,1H3. The van der Waals surface area contributed by atoms with E-state index in [-0.39, 0.29) is 0 Å². The molecular formula is C41H28N2. The average molecular weight is 549 g/mol. The van der Waals surface area contributed by atoms with Gasteiger partial charge in [-0.25, -0.2) is 0 Å². The van der Waals surface area contributed by atoms with Gasteiger partial charge in [0.15, 0.2) is 0 Å². The third-order valence-corrected chi connectivity index (χ3v) is 8.50. The molecule has 0 spiro atoms. The van der Waals surface area contributed by atoms with Crippen LogP contribution >= 0.6 is 0 Å². The zero-order chi connectivity index (χ0) is 28.8. The monoisotopic (exact) mass is 548 g/mol. The Bertz CT molecular complexity index is 2230. The van der Waals surface area contributed by atoms with Crippen molar-refractivity contribution in [3.63, 3.8) is 0 Å². The topological polar surface area (TPSA) is 25.8 Å². The zero-order valence-electron chi connectivity index (χ0n) is 23.8. The predicted octanol–water partition coefficient (Wildman–Crippen LogP) is 10.9. The summed E-state index contributed by atoms with van der Waals surface area (Å²) in [4.78, 5) is 8.76. The van der Waals surface area contributed by atoms with Gasteiger partial charge < -0.3 is 0 Å². The molecule has 0 atom stereocenters. The molecule has 2 heterocycles. The van der Waals surface area contributed by atoms with Crippen LogP contribution in [0.3, 0.4) is 0 Å². The fourth-order valence-corrected chi connectivity index (χ4v) is 6.57. The molecular weight excluding hydrogens is 520 g/mol. The van der Waals surface area contributed by atoms with Crippen molar-refractivity contribution in [2.75, 3.05) is 0 Å². The molecule has 2 aromatic heterocycles. The van der Waals surface area contributed by atoms with Crippen LogP contribution in [0.4, 0.5) is 0 Å². The molecule has 2 heteroatoms. The van der Waals surface area contributed by atoms with Crippen LogP contribution in [-0.4, -0.2) is 9.97 Å². The largest absolute Gasteiger partial charge is 0.264 e. The van der Waals surface area contributed by atoms with Crippen LogP contribution in [0.2, 0.25) is 0 Å². The number of pyridine rings is 2. The zero-order valence-corrected chi connectivity index (χ0v) is 23.8. The Balaban J connectivity index is 1.39. The van der Waals surface area contributed by atoms with Gasteiger partial charge in [-0.3, -0.25) is 9.97 Å². The van der Waals surface area contributed by atoms with Crippen LogP contribution in [0.25, 0.3) is 76.8 Å². The first-order chi connectivity index (χ1) is 21.3. The molecule has 8 aromatic rings. The quantitative estimate of drug-likeness (QED) is 0.204. The van der Waals surface area contributed by atoms with Crippen molar-refractivity contribution in [1.29, 1.82) is 0 Å². The second-order valence-corrected chi connectivity index (χ2v) is 11.1.